The predicted molar refractivity (Wildman–Crippen MR) is 72.6 cm³/mol. The van der Waals surface area contributed by atoms with Crippen molar-refractivity contribution in [2.75, 3.05) is 14.2 Å². The highest BCUT2D eigenvalue weighted by Crippen LogP contribution is 2.40. The van der Waals surface area contributed by atoms with Crippen molar-refractivity contribution in [2.24, 2.45) is 0 Å². The molecule has 0 saturated heterocycles. The molecule has 0 aliphatic heterocycles. The van der Waals surface area contributed by atoms with Gasteiger partial charge in [-0.15, -0.1) is 0 Å². The van der Waals surface area contributed by atoms with Crippen molar-refractivity contribution in [2.45, 2.75) is 0 Å². The Balaban J connectivity index is 2.72. The van der Waals surface area contributed by atoms with Gasteiger partial charge in [0.25, 0.3) is 0 Å². The average molecular weight is 311 g/mol. The van der Waals surface area contributed by atoms with Crippen molar-refractivity contribution in [1.82, 2.24) is 0 Å². The Labute approximate surface area is 113 Å². The van der Waals surface area contributed by atoms with Gasteiger partial charge in [0.2, 0.25) is 0 Å². The topological polar surface area (TPSA) is 18.5 Å². The van der Waals surface area contributed by atoms with E-state index in [1.54, 1.807) is 44.6 Å². The first-order chi connectivity index (χ1) is 8.67. The molecule has 0 aliphatic carbocycles. The fourth-order valence-corrected chi connectivity index (χ4v) is 2.17. The molecule has 2 rings (SSSR count). The summed E-state index contributed by atoms with van der Waals surface area (Å²) in [6.07, 6.45) is 0. The van der Waals surface area contributed by atoms with E-state index in [2.05, 4.69) is 15.9 Å². The largest absolute Gasteiger partial charge is 0.496 e. The Kier molecular flexibility index (Phi) is 3.87. The number of halogens is 2. The summed E-state index contributed by atoms with van der Waals surface area (Å²) < 4.78 is 25.3. The molecule has 4 heteroatoms. The van der Waals surface area contributed by atoms with Crippen molar-refractivity contribution < 1.29 is 13.9 Å². The summed E-state index contributed by atoms with van der Waals surface area (Å²) in [6, 6.07) is 10.1. The molecule has 0 aromatic heterocycles. The van der Waals surface area contributed by atoms with E-state index in [-0.39, 0.29) is 5.82 Å². The molecule has 0 fully saturated rings. The van der Waals surface area contributed by atoms with E-state index in [9.17, 15) is 4.39 Å². The fraction of sp³-hybridized carbons (Fsp3) is 0.143. The number of methoxy groups -OCH3 is 2. The SMILES string of the molecule is COc1cccc(OC)c1-c1cc(Br)ccc1F. The Bertz CT molecular complexity index is 547. The minimum Gasteiger partial charge on any atom is -0.496 e. The molecule has 0 spiro atoms. The van der Waals surface area contributed by atoms with E-state index in [4.69, 9.17) is 9.47 Å². The van der Waals surface area contributed by atoms with Gasteiger partial charge in [-0.2, -0.15) is 0 Å². The summed E-state index contributed by atoms with van der Waals surface area (Å²) in [7, 11) is 3.10. The molecule has 0 radical (unpaired) electrons. The molecular weight excluding hydrogens is 299 g/mol. The molecule has 94 valence electrons. The highest BCUT2D eigenvalue weighted by molar-refractivity contribution is 9.10. The Morgan fingerprint density at radius 1 is 1.00 bits per heavy atom. The number of benzene rings is 2. The summed E-state index contributed by atoms with van der Waals surface area (Å²) in [5.74, 6) is 0.832. The quantitative estimate of drug-likeness (QED) is 0.842. The second-order valence-corrected chi connectivity index (χ2v) is 4.58. The van der Waals surface area contributed by atoms with Gasteiger partial charge in [-0.1, -0.05) is 22.0 Å². The molecule has 0 unspecified atom stereocenters. The summed E-state index contributed by atoms with van der Waals surface area (Å²) in [5, 5.41) is 0. The van der Waals surface area contributed by atoms with E-state index in [1.807, 2.05) is 0 Å². The zero-order valence-corrected chi connectivity index (χ0v) is 11.6. The van der Waals surface area contributed by atoms with Gasteiger partial charge in [-0.05, 0) is 30.3 Å². The molecule has 0 atom stereocenters. The number of ether oxygens (including phenoxy) is 2. The molecule has 0 N–H and O–H groups in total. The molecule has 2 nitrogen and oxygen atoms in total. The highest BCUT2D eigenvalue weighted by Gasteiger charge is 2.16. The maximum Gasteiger partial charge on any atom is 0.131 e. The van der Waals surface area contributed by atoms with Crippen LogP contribution in [0.25, 0.3) is 11.1 Å². The van der Waals surface area contributed by atoms with Crippen LogP contribution in [0.1, 0.15) is 0 Å². The minimum atomic E-state index is -0.319. The first-order valence-electron chi connectivity index (χ1n) is 5.33. The fourth-order valence-electron chi connectivity index (χ4n) is 1.81. The Hall–Kier alpha value is -1.55. The van der Waals surface area contributed by atoms with Crippen molar-refractivity contribution in [3.05, 3.63) is 46.7 Å². The molecule has 0 amide bonds. The van der Waals surface area contributed by atoms with Crippen LogP contribution in [0.2, 0.25) is 0 Å². The van der Waals surface area contributed by atoms with Crippen LogP contribution >= 0.6 is 15.9 Å². The van der Waals surface area contributed by atoms with Crippen LogP contribution in [0.5, 0.6) is 11.5 Å². The van der Waals surface area contributed by atoms with E-state index in [1.165, 1.54) is 6.07 Å². The molecule has 0 aliphatic rings. The van der Waals surface area contributed by atoms with E-state index in [0.29, 0.717) is 22.6 Å². The van der Waals surface area contributed by atoms with Crippen LogP contribution in [0.15, 0.2) is 40.9 Å². The summed E-state index contributed by atoms with van der Waals surface area (Å²) in [5.41, 5.74) is 1.06. The lowest BCUT2D eigenvalue weighted by Gasteiger charge is -2.14. The van der Waals surface area contributed by atoms with Gasteiger partial charge in [0.05, 0.1) is 19.8 Å². The highest BCUT2D eigenvalue weighted by atomic mass is 79.9. The average Bonchev–Trinajstić information content (AvgIpc) is 2.40. The Morgan fingerprint density at radius 2 is 1.61 bits per heavy atom. The summed E-state index contributed by atoms with van der Waals surface area (Å²) in [6.45, 7) is 0. The number of hydrogen-bond donors (Lipinski definition) is 0. The first kappa shape index (κ1) is 12.9. The lowest BCUT2D eigenvalue weighted by molar-refractivity contribution is 0.397. The standard InChI is InChI=1S/C14H12BrFO2/c1-17-12-4-3-5-13(18-2)14(12)10-8-9(15)6-7-11(10)16/h3-8H,1-2H3. The second-order valence-electron chi connectivity index (χ2n) is 3.66. The molecule has 2 aromatic rings. The second kappa shape index (κ2) is 5.40. The van der Waals surface area contributed by atoms with Crippen molar-refractivity contribution in [1.29, 1.82) is 0 Å². The lowest BCUT2D eigenvalue weighted by Crippen LogP contribution is -1.94. The van der Waals surface area contributed by atoms with Crippen molar-refractivity contribution in [3.8, 4) is 22.6 Å². The lowest BCUT2D eigenvalue weighted by atomic mass is 10.0. The smallest absolute Gasteiger partial charge is 0.131 e. The monoisotopic (exact) mass is 310 g/mol. The third kappa shape index (κ3) is 2.34. The minimum absolute atomic E-state index is 0.319. The van der Waals surface area contributed by atoms with Gasteiger partial charge in [0.15, 0.2) is 0 Å². The number of hydrogen-bond acceptors (Lipinski definition) is 2. The van der Waals surface area contributed by atoms with Crippen LogP contribution in [0.3, 0.4) is 0 Å². The maximum absolute atomic E-state index is 14.0. The van der Waals surface area contributed by atoms with Gasteiger partial charge in [0.1, 0.15) is 17.3 Å². The summed E-state index contributed by atoms with van der Waals surface area (Å²) >= 11 is 3.34. The number of rotatable bonds is 3. The van der Waals surface area contributed by atoms with Crippen molar-refractivity contribution >= 4 is 15.9 Å². The zero-order chi connectivity index (χ0) is 13.1. The molecular formula is C14H12BrFO2. The molecule has 18 heavy (non-hydrogen) atoms. The van der Waals surface area contributed by atoms with Gasteiger partial charge < -0.3 is 9.47 Å². The molecule has 0 bridgehead atoms. The van der Waals surface area contributed by atoms with E-state index < -0.39 is 0 Å². The molecule has 0 heterocycles. The van der Waals surface area contributed by atoms with Gasteiger partial charge in [0, 0.05) is 10.0 Å². The summed E-state index contributed by atoms with van der Waals surface area (Å²) in [4.78, 5) is 0. The van der Waals surface area contributed by atoms with Crippen LogP contribution < -0.4 is 9.47 Å². The van der Waals surface area contributed by atoms with Crippen molar-refractivity contribution in [3.63, 3.8) is 0 Å². The molecule has 2 aromatic carbocycles. The van der Waals surface area contributed by atoms with Crippen LogP contribution in [-0.4, -0.2) is 14.2 Å². The predicted octanol–water partition coefficient (Wildman–Crippen LogP) is 4.27. The van der Waals surface area contributed by atoms with Gasteiger partial charge >= 0.3 is 0 Å². The van der Waals surface area contributed by atoms with Crippen LogP contribution in [0.4, 0.5) is 4.39 Å². The van der Waals surface area contributed by atoms with Crippen LogP contribution in [0, 0.1) is 5.82 Å². The third-order valence-electron chi connectivity index (χ3n) is 2.63. The Morgan fingerprint density at radius 3 is 2.17 bits per heavy atom. The third-order valence-corrected chi connectivity index (χ3v) is 3.12. The first-order valence-corrected chi connectivity index (χ1v) is 6.13. The molecule has 0 saturated carbocycles. The van der Waals surface area contributed by atoms with Crippen LogP contribution in [-0.2, 0) is 0 Å². The van der Waals surface area contributed by atoms with E-state index >= 15 is 0 Å². The maximum atomic E-state index is 14.0. The normalized spacial score (nSPS) is 10.2. The van der Waals surface area contributed by atoms with E-state index in [0.717, 1.165) is 4.47 Å². The zero-order valence-electron chi connectivity index (χ0n) is 10.0. The van der Waals surface area contributed by atoms with Gasteiger partial charge in [-0.3, -0.25) is 0 Å². The van der Waals surface area contributed by atoms with Gasteiger partial charge in [-0.25, -0.2) is 4.39 Å².